The lowest BCUT2D eigenvalue weighted by atomic mass is 9.95. The topological polar surface area (TPSA) is 53.1 Å². The van der Waals surface area contributed by atoms with Crippen molar-refractivity contribution >= 4 is 11.8 Å². The Morgan fingerprint density at radius 2 is 1.91 bits per heavy atom. The highest BCUT2D eigenvalue weighted by atomic mass is 16.5. The number of hydrogen-bond donors (Lipinski definition) is 0. The van der Waals surface area contributed by atoms with E-state index in [1.807, 2.05) is 11.9 Å². The number of nitrogens with zero attached hydrogens (tertiary/aromatic N) is 3. The molecule has 0 unspecified atom stereocenters. The molecule has 124 valence electrons. The zero-order valence-electron chi connectivity index (χ0n) is 13.7. The molecule has 3 heterocycles. The molecule has 0 spiro atoms. The largest absolute Gasteiger partial charge is 0.379 e. The van der Waals surface area contributed by atoms with E-state index in [0.717, 1.165) is 45.8 Å². The van der Waals surface area contributed by atoms with Gasteiger partial charge in [0.05, 0.1) is 13.2 Å². The van der Waals surface area contributed by atoms with Gasteiger partial charge in [0.1, 0.15) is 0 Å². The minimum Gasteiger partial charge on any atom is -0.379 e. The molecule has 3 aliphatic rings. The Labute approximate surface area is 132 Å². The zero-order valence-corrected chi connectivity index (χ0v) is 13.7. The molecular weight excluding hydrogens is 282 g/mol. The molecule has 22 heavy (non-hydrogen) atoms. The van der Waals surface area contributed by atoms with Gasteiger partial charge in [-0.2, -0.15) is 0 Å². The summed E-state index contributed by atoms with van der Waals surface area (Å²) in [6.45, 7) is 8.06. The SMILES string of the molecule is C[C@@H]1CN(C(=O)[C@@H]2CCN(C)C(=O)C2)C[C@@H]1N1CCOCC1. The van der Waals surface area contributed by atoms with Gasteiger partial charge in [0, 0.05) is 58.2 Å². The van der Waals surface area contributed by atoms with Crippen LogP contribution in [0, 0.1) is 11.8 Å². The minimum atomic E-state index is -0.112. The molecule has 0 radical (unpaired) electrons. The van der Waals surface area contributed by atoms with Crippen molar-refractivity contribution in [1.82, 2.24) is 14.7 Å². The van der Waals surface area contributed by atoms with Crippen LogP contribution in [-0.4, -0.2) is 85.5 Å². The molecule has 3 aliphatic heterocycles. The molecular formula is C16H27N3O3. The first-order valence-corrected chi connectivity index (χ1v) is 8.41. The van der Waals surface area contributed by atoms with Crippen molar-refractivity contribution < 1.29 is 14.3 Å². The van der Waals surface area contributed by atoms with Gasteiger partial charge >= 0.3 is 0 Å². The van der Waals surface area contributed by atoms with E-state index in [0.29, 0.717) is 24.9 Å². The number of ether oxygens (including phenoxy) is 1. The van der Waals surface area contributed by atoms with Crippen LogP contribution in [-0.2, 0) is 14.3 Å². The summed E-state index contributed by atoms with van der Waals surface area (Å²) in [6.07, 6.45) is 1.18. The monoisotopic (exact) mass is 309 g/mol. The average molecular weight is 309 g/mol. The van der Waals surface area contributed by atoms with Crippen LogP contribution in [0.3, 0.4) is 0 Å². The van der Waals surface area contributed by atoms with Crippen molar-refractivity contribution in [3.05, 3.63) is 0 Å². The van der Waals surface area contributed by atoms with E-state index in [1.54, 1.807) is 4.90 Å². The Hall–Kier alpha value is -1.14. The normalized spacial score (nSPS) is 34.3. The molecule has 0 bridgehead atoms. The third kappa shape index (κ3) is 3.13. The lowest BCUT2D eigenvalue weighted by Gasteiger charge is -2.34. The Morgan fingerprint density at radius 3 is 2.59 bits per heavy atom. The van der Waals surface area contributed by atoms with Gasteiger partial charge in [-0.05, 0) is 12.3 Å². The molecule has 3 saturated heterocycles. The summed E-state index contributed by atoms with van der Waals surface area (Å²) in [5, 5.41) is 0. The van der Waals surface area contributed by atoms with Crippen LogP contribution in [0.1, 0.15) is 19.8 Å². The van der Waals surface area contributed by atoms with Crippen LogP contribution in [0.4, 0.5) is 0 Å². The highest BCUT2D eigenvalue weighted by Crippen LogP contribution is 2.27. The molecule has 3 fully saturated rings. The van der Waals surface area contributed by atoms with Crippen molar-refractivity contribution in [2.45, 2.75) is 25.8 Å². The van der Waals surface area contributed by atoms with Crippen molar-refractivity contribution in [2.75, 3.05) is 53.0 Å². The van der Waals surface area contributed by atoms with Gasteiger partial charge in [0.2, 0.25) is 11.8 Å². The maximum absolute atomic E-state index is 12.7. The van der Waals surface area contributed by atoms with E-state index in [1.165, 1.54) is 0 Å². The molecule has 3 atom stereocenters. The number of amides is 2. The molecule has 0 aromatic heterocycles. The Kier molecular flexibility index (Phi) is 4.68. The predicted molar refractivity (Wildman–Crippen MR) is 82.3 cm³/mol. The maximum Gasteiger partial charge on any atom is 0.226 e. The lowest BCUT2D eigenvalue weighted by molar-refractivity contribution is -0.143. The Bertz CT molecular complexity index is 436. The van der Waals surface area contributed by atoms with Crippen molar-refractivity contribution in [3.8, 4) is 0 Å². The van der Waals surface area contributed by atoms with Gasteiger partial charge in [-0.25, -0.2) is 0 Å². The average Bonchev–Trinajstić information content (AvgIpc) is 2.92. The zero-order chi connectivity index (χ0) is 15.7. The summed E-state index contributed by atoms with van der Waals surface area (Å²) in [5.41, 5.74) is 0. The Balaban J connectivity index is 1.59. The molecule has 6 heteroatoms. The van der Waals surface area contributed by atoms with Gasteiger partial charge in [0.15, 0.2) is 0 Å². The molecule has 0 aromatic carbocycles. The predicted octanol–water partition coefficient (Wildman–Crippen LogP) is 0.0339. The van der Waals surface area contributed by atoms with Gasteiger partial charge in [-0.1, -0.05) is 6.92 Å². The molecule has 0 N–H and O–H groups in total. The first kappa shape index (κ1) is 15.7. The number of carbonyl (C=O) groups is 2. The number of hydrogen-bond acceptors (Lipinski definition) is 4. The fraction of sp³-hybridized carbons (Fsp3) is 0.875. The summed E-state index contributed by atoms with van der Waals surface area (Å²) in [6, 6.07) is 0.440. The number of piperidine rings is 1. The molecule has 3 rings (SSSR count). The molecule has 2 amide bonds. The molecule has 0 saturated carbocycles. The fourth-order valence-corrected chi connectivity index (χ4v) is 3.93. The third-order valence-electron chi connectivity index (χ3n) is 5.41. The van der Waals surface area contributed by atoms with Gasteiger partial charge in [-0.3, -0.25) is 14.5 Å². The first-order valence-electron chi connectivity index (χ1n) is 8.41. The van der Waals surface area contributed by atoms with Crippen LogP contribution >= 0.6 is 0 Å². The van der Waals surface area contributed by atoms with Gasteiger partial charge in [-0.15, -0.1) is 0 Å². The quantitative estimate of drug-likeness (QED) is 0.722. The van der Waals surface area contributed by atoms with Crippen molar-refractivity contribution in [1.29, 1.82) is 0 Å². The van der Waals surface area contributed by atoms with Crippen LogP contribution in [0.5, 0.6) is 0 Å². The van der Waals surface area contributed by atoms with E-state index in [4.69, 9.17) is 4.74 Å². The number of morpholine rings is 1. The van der Waals surface area contributed by atoms with Crippen molar-refractivity contribution in [3.63, 3.8) is 0 Å². The highest BCUT2D eigenvalue weighted by Gasteiger charge is 2.39. The van der Waals surface area contributed by atoms with Gasteiger partial charge < -0.3 is 14.5 Å². The van der Waals surface area contributed by atoms with E-state index in [2.05, 4.69) is 11.8 Å². The summed E-state index contributed by atoms with van der Waals surface area (Å²) >= 11 is 0. The smallest absolute Gasteiger partial charge is 0.226 e. The summed E-state index contributed by atoms with van der Waals surface area (Å²) in [5.74, 6) is 0.661. The number of rotatable bonds is 2. The van der Waals surface area contributed by atoms with Gasteiger partial charge in [0.25, 0.3) is 0 Å². The second-order valence-electron chi connectivity index (χ2n) is 6.94. The second-order valence-corrected chi connectivity index (χ2v) is 6.94. The molecule has 0 aliphatic carbocycles. The van der Waals surface area contributed by atoms with Crippen LogP contribution < -0.4 is 0 Å². The summed E-state index contributed by atoms with van der Waals surface area (Å²) in [7, 11) is 1.81. The minimum absolute atomic E-state index is 0.0987. The van der Waals surface area contributed by atoms with Crippen LogP contribution in [0.2, 0.25) is 0 Å². The Morgan fingerprint density at radius 1 is 1.18 bits per heavy atom. The first-order chi connectivity index (χ1) is 10.6. The standard InChI is InChI=1S/C16H27N3O3/c1-12-10-19(11-14(12)18-5-7-22-8-6-18)16(21)13-3-4-17(2)15(20)9-13/h12-14H,3-11H2,1-2H3/t12-,13-,14+/m1/s1. The van der Waals surface area contributed by atoms with E-state index in [-0.39, 0.29) is 17.7 Å². The van der Waals surface area contributed by atoms with E-state index < -0.39 is 0 Å². The summed E-state index contributed by atoms with van der Waals surface area (Å²) < 4.78 is 5.42. The van der Waals surface area contributed by atoms with E-state index >= 15 is 0 Å². The third-order valence-corrected chi connectivity index (χ3v) is 5.41. The van der Waals surface area contributed by atoms with Crippen LogP contribution in [0.25, 0.3) is 0 Å². The fourth-order valence-electron chi connectivity index (χ4n) is 3.93. The second kappa shape index (κ2) is 6.54. The lowest BCUT2D eigenvalue weighted by Crippen LogP contribution is -2.47. The van der Waals surface area contributed by atoms with Crippen molar-refractivity contribution in [2.24, 2.45) is 11.8 Å². The highest BCUT2D eigenvalue weighted by molar-refractivity contribution is 5.87. The maximum atomic E-state index is 12.7. The number of carbonyl (C=O) groups excluding carboxylic acids is 2. The molecule has 6 nitrogen and oxygen atoms in total. The summed E-state index contributed by atoms with van der Waals surface area (Å²) in [4.78, 5) is 30.8. The molecule has 0 aromatic rings. The van der Waals surface area contributed by atoms with Crippen LogP contribution in [0.15, 0.2) is 0 Å². The van der Waals surface area contributed by atoms with E-state index in [9.17, 15) is 9.59 Å². The number of likely N-dealkylation sites (tertiary alicyclic amines) is 2.